The van der Waals surface area contributed by atoms with Crippen molar-refractivity contribution >= 4 is 49.2 Å². The Bertz CT molecular complexity index is 1160. The van der Waals surface area contributed by atoms with E-state index in [0.29, 0.717) is 0 Å². The van der Waals surface area contributed by atoms with Crippen LogP contribution in [0, 0.1) is 5.82 Å². The van der Waals surface area contributed by atoms with Gasteiger partial charge >= 0.3 is 0 Å². The number of fused-ring (bicyclic) bond motifs is 3. The quantitative estimate of drug-likeness (QED) is 0.339. The third kappa shape index (κ3) is 4.42. The largest absolute Gasteiger partial charge is 0.277 e. The lowest BCUT2D eigenvalue weighted by atomic mass is 9.97. The standard InChI is InChI=1S/C18H17FN4O3S3/c19-11-5-7-12(8-6-11)29(25,26)23-22-15(24)9-27-17-16-13-3-1-2-4-14(13)28-18(16)21-10-20-17/h5-8,10,23H,1-4,9H2,(H,22,24). The van der Waals surface area contributed by atoms with Crippen molar-refractivity contribution in [2.45, 2.75) is 35.6 Å². The van der Waals surface area contributed by atoms with Crippen LogP contribution in [0.3, 0.4) is 0 Å². The zero-order valence-electron chi connectivity index (χ0n) is 15.1. The van der Waals surface area contributed by atoms with Gasteiger partial charge in [-0.15, -0.1) is 16.2 Å². The maximum atomic E-state index is 12.9. The van der Waals surface area contributed by atoms with Crippen LogP contribution in [-0.4, -0.2) is 30.0 Å². The summed E-state index contributed by atoms with van der Waals surface area (Å²) in [7, 11) is -3.97. The summed E-state index contributed by atoms with van der Waals surface area (Å²) < 4.78 is 37.2. The number of aromatic nitrogens is 2. The van der Waals surface area contributed by atoms with E-state index in [1.54, 1.807) is 11.3 Å². The van der Waals surface area contributed by atoms with E-state index in [4.69, 9.17) is 0 Å². The summed E-state index contributed by atoms with van der Waals surface area (Å²) in [6.07, 6.45) is 5.82. The fourth-order valence-electron chi connectivity index (χ4n) is 3.14. The highest BCUT2D eigenvalue weighted by Gasteiger charge is 2.21. The second-order valence-electron chi connectivity index (χ2n) is 6.47. The number of rotatable bonds is 6. The number of aryl methyl sites for hydroxylation is 2. The van der Waals surface area contributed by atoms with Gasteiger partial charge in [0.1, 0.15) is 22.0 Å². The number of halogens is 1. The van der Waals surface area contributed by atoms with Crippen LogP contribution >= 0.6 is 23.1 Å². The second-order valence-corrected chi connectivity index (χ2v) is 10.2. The minimum Gasteiger partial charge on any atom is -0.277 e. The van der Waals surface area contributed by atoms with E-state index >= 15 is 0 Å². The number of carbonyl (C=O) groups excluding carboxylic acids is 1. The average Bonchev–Trinajstić information content (AvgIpc) is 3.10. The Balaban J connectivity index is 1.41. The van der Waals surface area contributed by atoms with Crippen molar-refractivity contribution in [2.75, 3.05) is 5.75 Å². The molecule has 152 valence electrons. The fraction of sp³-hybridized carbons (Fsp3) is 0.278. The number of hydrazine groups is 1. The third-order valence-corrected chi connectivity index (χ3v) is 7.96. The van der Waals surface area contributed by atoms with Crippen molar-refractivity contribution in [3.8, 4) is 0 Å². The van der Waals surface area contributed by atoms with E-state index < -0.39 is 21.7 Å². The normalized spacial score (nSPS) is 14.0. The van der Waals surface area contributed by atoms with Crippen molar-refractivity contribution in [1.82, 2.24) is 20.2 Å². The van der Waals surface area contributed by atoms with Gasteiger partial charge in [-0.3, -0.25) is 10.2 Å². The summed E-state index contributed by atoms with van der Waals surface area (Å²) in [4.78, 5) is 25.0. The first-order valence-electron chi connectivity index (χ1n) is 8.88. The summed E-state index contributed by atoms with van der Waals surface area (Å²) >= 11 is 2.92. The minimum absolute atomic E-state index is 0.0112. The SMILES string of the molecule is O=C(CSc1ncnc2sc3c(c12)CCCC3)NNS(=O)(=O)c1ccc(F)cc1. The van der Waals surface area contributed by atoms with E-state index in [2.05, 4.69) is 15.4 Å². The summed E-state index contributed by atoms with van der Waals surface area (Å²) in [5.74, 6) is -1.07. The molecule has 1 aliphatic carbocycles. The fourth-order valence-corrected chi connectivity index (χ4v) is 6.12. The molecule has 2 aromatic heterocycles. The van der Waals surface area contributed by atoms with Gasteiger partial charge in [-0.05, 0) is 55.5 Å². The Morgan fingerprint density at radius 1 is 1.17 bits per heavy atom. The molecule has 4 rings (SSSR count). The Morgan fingerprint density at radius 3 is 2.72 bits per heavy atom. The van der Waals surface area contributed by atoms with Crippen molar-refractivity contribution in [3.05, 3.63) is 46.9 Å². The van der Waals surface area contributed by atoms with Crippen molar-refractivity contribution in [1.29, 1.82) is 0 Å². The molecule has 0 saturated heterocycles. The van der Waals surface area contributed by atoms with Gasteiger partial charge in [0.05, 0.1) is 10.6 Å². The number of amides is 1. The Morgan fingerprint density at radius 2 is 1.93 bits per heavy atom. The number of nitrogens with one attached hydrogen (secondary N) is 2. The zero-order valence-corrected chi connectivity index (χ0v) is 17.6. The van der Waals surface area contributed by atoms with E-state index in [0.717, 1.165) is 58.8 Å². The summed E-state index contributed by atoms with van der Waals surface area (Å²) in [5, 5.41) is 1.74. The molecule has 3 aromatic rings. The highest BCUT2D eigenvalue weighted by atomic mass is 32.2. The number of carbonyl (C=O) groups is 1. The Kier molecular flexibility index (Phi) is 5.81. The van der Waals surface area contributed by atoms with E-state index in [1.807, 2.05) is 4.83 Å². The molecule has 29 heavy (non-hydrogen) atoms. The molecule has 11 heteroatoms. The molecule has 0 atom stereocenters. The van der Waals surface area contributed by atoms with Crippen LogP contribution in [0.5, 0.6) is 0 Å². The number of thioether (sulfide) groups is 1. The molecular weight excluding hydrogens is 435 g/mol. The molecule has 1 aliphatic rings. The van der Waals surface area contributed by atoms with Crippen LogP contribution in [0.2, 0.25) is 0 Å². The summed E-state index contributed by atoms with van der Waals surface area (Å²) in [5.41, 5.74) is 3.45. The van der Waals surface area contributed by atoms with Crippen LogP contribution in [-0.2, 0) is 27.7 Å². The first-order valence-corrected chi connectivity index (χ1v) is 12.2. The molecule has 0 saturated carbocycles. The summed E-state index contributed by atoms with van der Waals surface area (Å²) in [6.45, 7) is 0. The smallest absolute Gasteiger partial charge is 0.257 e. The molecule has 0 bridgehead atoms. The maximum Gasteiger partial charge on any atom is 0.257 e. The maximum absolute atomic E-state index is 12.9. The lowest BCUT2D eigenvalue weighted by Gasteiger charge is -2.11. The minimum atomic E-state index is -3.97. The number of hydrogen-bond acceptors (Lipinski definition) is 7. The van der Waals surface area contributed by atoms with Gasteiger partial charge in [0.25, 0.3) is 10.0 Å². The van der Waals surface area contributed by atoms with Crippen LogP contribution in [0.15, 0.2) is 40.5 Å². The number of nitrogens with zero attached hydrogens (tertiary/aromatic N) is 2. The first-order chi connectivity index (χ1) is 13.9. The average molecular weight is 453 g/mol. The molecule has 2 N–H and O–H groups in total. The molecule has 2 heterocycles. The molecule has 1 aromatic carbocycles. The molecule has 0 spiro atoms. The van der Waals surface area contributed by atoms with Gasteiger partial charge in [-0.1, -0.05) is 11.8 Å². The van der Waals surface area contributed by atoms with E-state index in [-0.39, 0.29) is 10.6 Å². The van der Waals surface area contributed by atoms with Crippen LogP contribution in [0.4, 0.5) is 4.39 Å². The Labute approximate surface area is 175 Å². The second kappa shape index (κ2) is 8.34. The number of benzene rings is 1. The topological polar surface area (TPSA) is 101 Å². The van der Waals surface area contributed by atoms with Gasteiger partial charge in [-0.25, -0.2) is 22.8 Å². The van der Waals surface area contributed by atoms with E-state index in [1.165, 1.54) is 35.0 Å². The molecule has 7 nitrogen and oxygen atoms in total. The molecule has 0 unspecified atom stereocenters. The molecular formula is C18H17FN4O3S3. The monoisotopic (exact) mass is 452 g/mol. The lowest BCUT2D eigenvalue weighted by Crippen LogP contribution is -2.42. The van der Waals surface area contributed by atoms with Gasteiger partial charge in [0, 0.05) is 10.3 Å². The number of hydrogen-bond donors (Lipinski definition) is 2. The first kappa shape index (κ1) is 20.2. The van der Waals surface area contributed by atoms with Crippen molar-refractivity contribution in [3.63, 3.8) is 0 Å². The van der Waals surface area contributed by atoms with Gasteiger partial charge in [0.15, 0.2) is 0 Å². The number of sulfonamides is 1. The zero-order chi connectivity index (χ0) is 20.4. The predicted molar refractivity (Wildman–Crippen MR) is 110 cm³/mol. The number of thiophene rings is 1. The lowest BCUT2D eigenvalue weighted by molar-refractivity contribution is -0.119. The summed E-state index contributed by atoms with van der Waals surface area (Å²) in [6, 6.07) is 4.31. The molecule has 1 amide bonds. The highest BCUT2D eigenvalue weighted by molar-refractivity contribution is 8.00. The van der Waals surface area contributed by atoms with Gasteiger partial charge in [-0.2, -0.15) is 0 Å². The van der Waals surface area contributed by atoms with Crippen LogP contribution in [0.1, 0.15) is 23.3 Å². The highest BCUT2D eigenvalue weighted by Crippen LogP contribution is 2.39. The molecule has 0 aliphatic heterocycles. The Hall–Kier alpha value is -2.08. The molecule has 0 radical (unpaired) electrons. The predicted octanol–water partition coefficient (Wildman–Crippen LogP) is 2.81. The van der Waals surface area contributed by atoms with E-state index in [9.17, 15) is 17.6 Å². The van der Waals surface area contributed by atoms with Crippen LogP contribution < -0.4 is 10.3 Å². The van der Waals surface area contributed by atoms with Crippen LogP contribution in [0.25, 0.3) is 10.2 Å². The van der Waals surface area contributed by atoms with Crippen molar-refractivity contribution < 1.29 is 17.6 Å². The van der Waals surface area contributed by atoms with Gasteiger partial charge < -0.3 is 0 Å². The van der Waals surface area contributed by atoms with Gasteiger partial charge in [0.2, 0.25) is 5.91 Å². The van der Waals surface area contributed by atoms with Crippen molar-refractivity contribution in [2.24, 2.45) is 0 Å². The molecule has 0 fully saturated rings. The third-order valence-electron chi connectivity index (χ3n) is 4.51.